The molecule has 1 aromatic rings. The van der Waals surface area contributed by atoms with Crippen LogP contribution in [0.25, 0.3) is 0 Å². The highest BCUT2D eigenvalue weighted by molar-refractivity contribution is 7.47. The molecule has 1 aromatic carbocycles. The second-order valence-electron chi connectivity index (χ2n) is 10.6. The highest BCUT2D eigenvalue weighted by atomic mass is 31.2. The van der Waals surface area contributed by atoms with Gasteiger partial charge in [-0.25, -0.2) is 9.36 Å². The van der Waals surface area contributed by atoms with Gasteiger partial charge in [0.05, 0.1) is 6.10 Å². The average Bonchev–Trinajstić information content (AvgIpc) is 3.21. The van der Waals surface area contributed by atoms with Gasteiger partial charge in [0.25, 0.3) is 0 Å². The van der Waals surface area contributed by atoms with E-state index in [2.05, 4.69) is 19.6 Å². The van der Waals surface area contributed by atoms with E-state index in [-0.39, 0.29) is 36.2 Å². The van der Waals surface area contributed by atoms with E-state index in [9.17, 15) is 19.4 Å². The average molecular weight is 521 g/mol. The fourth-order valence-electron chi connectivity index (χ4n) is 5.41. The second-order valence-corrected chi connectivity index (χ2v) is 11.9. The molecular formula is C28H41O7P. The van der Waals surface area contributed by atoms with Gasteiger partial charge < -0.3 is 14.7 Å². The lowest BCUT2D eigenvalue weighted by molar-refractivity contribution is -0.153. The van der Waals surface area contributed by atoms with Crippen LogP contribution in [0.4, 0.5) is 0 Å². The summed E-state index contributed by atoms with van der Waals surface area (Å²) in [5.41, 5.74) is 2.00. The first-order valence-electron chi connectivity index (χ1n) is 13.0. The summed E-state index contributed by atoms with van der Waals surface area (Å²) in [6.45, 7) is 13.5. The van der Waals surface area contributed by atoms with Gasteiger partial charge in [-0.15, -0.1) is 0 Å². The summed E-state index contributed by atoms with van der Waals surface area (Å²) >= 11 is 0. The number of carbonyl (C=O) groups excluding carboxylic acids is 1. The number of hydrogen-bond acceptors (Lipinski definition) is 6. The summed E-state index contributed by atoms with van der Waals surface area (Å²) in [5.74, 6) is -0.521. The van der Waals surface area contributed by atoms with Crippen molar-refractivity contribution in [3.8, 4) is 11.5 Å². The Morgan fingerprint density at radius 1 is 1.28 bits per heavy atom. The quantitative estimate of drug-likeness (QED) is 0.147. The zero-order valence-electron chi connectivity index (χ0n) is 22.2. The van der Waals surface area contributed by atoms with Gasteiger partial charge in [0.1, 0.15) is 11.5 Å². The van der Waals surface area contributed by atoms with Crippen molar-refractivity contribution in [1.29, 1.82) is 0 Å². The highest BCUT2D eigenvalue weighted by Gasteiger charge is 2.50. The molecule has 0 bridgehead atoms. The number of ether oxygens (including phenoxy) is 1. The van der Waals surface area contributed by atoms with Gasteiger partial charge in [-0.2, -0.15) is 0 Å². The minimum absolute atomic E-state index is 0.0725. The minimum atomic E-state index is -4.49. The van der Waals surface area contributed by atoms with Crippen molar-refractivity contribution in [2.45, 2.75) is 104 Å². The summed E-state index contributed by atoms with van der Waals surface area (Å²) < 4.78 is 29.3. The van der Waals surface area contributed by atoms with E-state index in [0.29, 0.717) is 24.8 Å². The molecule has 1 unspecified atom stereocenters. The SMILES string of the molecule is C=C(C)[C@@H]1CCC(C)=C[C@H]1c1c(O)cc(CCC)cc1OC(=O)C1(OP(=O)(O)OC(C)C)CCCC1. The minimum Gasteiger partial charge on any atom is -0.507 e. The third-order valence-corrected chi connectivity index (χ3v) is 8.32. The molecule has 3 rings (SSSR count). The third kappa shape index (κ3) is 6.69. The number of phosphoric ester groups is 1. The number of aromatic hydroxyl groups is 1. The first kappa shape index (κ1) is 28.6. The highest BCUT2D eigenvalue weighted by Crippen LogP contribution is 2.53. The van der Waals surface area contributed by atoms with Crippen LogP contribution in [0.3, 0.4) is 0 Å². The molecule has 2 aliphatic rings. The molecule has 0 spiro atoms. The number of esters is 1. The van der Waals surface area contributed by atoms with Crippen LogP contribution in [0.2, 0.25) is 0 Å². The zero-order chi connectivity index (χ0) is 26.7. The molecule has 2 N–H and O–H groups in total. The van der Waals surface area contributed by atoms with Crippen LogP contribution in [0.1, 0.15) is 96.6 Å². The number of benzene rings is 1. The van der Waals surface area contributed by atoms with Crippen LogP contribution in [0.5, 0.6) is 11.5 Å². The molecule has 7 nitrogen and oxygen atoms in total. The molecule has 0 aliphatic heterocycles. The van der Waals surface area contributed by atoms with Crippen molar-refractivity contribution < 1.29 is 33.1 Å². The van der Waals surface area contributed by atoms with E-state index in [0.717, 1.165) is 30.4 Å². The van der Waals surface area contributed by atoms with Crippen LogP contribution in [0.15, 0.2) is 35.9 Å². The van der Waals surface area contributed by atoms with Crippen molar-refractivity contribution in [2.24, 2.45) is 5.92 Å². The van der Waals surface area contributed by atoms with E-state index in [4.69, 9.17) is 13.8 Å². The number of hydrogen-bond donors (Lipinski definition) is 2. The summed E-state index contributed by atoms with van der Waals surface area (Å²) in [6, 6.07) is 3.54. The topological polar surface area (TPSA) is 102 Å². The predicted octanol–water partition coefficient (Wildman–Crippen LogP) is 7.12. The normalized spacial score (nSPS) is 23.2. The first-order valence-corrected chi connectivity index (χ1v) is 14.5. The lowest BCUT2D eigenvalue weighted by Crippen LogP contribution is -2.41. The number of allylic oxidation sites excluding steroid dienone is 3. The maximum absolute atomic E-state index is 13.6. The summed E-state index contributed by atoms with van der Waals surface area (Å²) in [6.07, 6.45) is 6.79. The fourth-order valence-corrected chi connectivity index (χ4v) is 6.68. The number of phosphoric acid groups is 1. The summed E-state index contributed by atoms with van der Waals surface area (Å²) in [5, 5.41) is 11.2. The number of aryl methyl sites for hydroxylation is 1. The van der Waals surface area contributed by atoms with E-state index in [1.807, 2.05) is 13.8 Å². The molecule has 0 saturated heterocycles. The van der Waals surface area contributed by atoms with Crippen LogP contribution < -0.4 is 4.74 Å². The zero-order valence-corrected chi connectivity index (χ0v) is 23.1. The maximum atomic E-state index is 13.6. The maximum Gasteiger partial charge on any atom is 0.473 e. The lowest BCUT2D eigenvalue weighted by atomic mass is 9.73. The summed E-state index contributed by atoms with van der Waals surface area (Å²) in [4.78, 5) is 24.0. The van der Waals surface area contributed by atoms with Crippen LogP contribution >= 0.6 is 7.82 Å². The smallest absolute Gasteiger partial charge is 0.473 e. The van der Waals surface area contributed by atoms with Gasteiger partial charge >= 0.3 is 13.8 Å². The molecular weight excluding hydrogens is 479 g/mol. The lowest BCUT2D eigenvalue weighted by Gasteiger charge is -2.33. The molecule has 8 heteroatoms. The molecule has 2 aliphatic carbocycles. The van der Waals surface area contributed by atoms with Gasteiger partial charge in [0, 0.05) is 11.5 Å². The fraction of sp³-hybridized carbons (Fsp3) is 0.607. The predicted molar refractivity (Wildman–Crippen MR) is 140 cm³/mol. The van der Waals surface area contributed by atoms with Crippen molar-refractivity contribution >= 4 is 13.8 Å². The van der Waals surface area contributed by atoms with Gasteiger partial charge in [0.15, 0.2) is 5.60 Å². The Morgan fingerprint density at radius 2 is 1.94 bits per heavy atom. The number of phenols is 1. The molecule has 1 saturated carbocycles. The Bertz CT molecular complexity index is 1050. The second kappa shape index (κ2) is 11.6. The monoisotopic (exact) mass is 520 g/mol. The van der Waals surface area contributed by atoms with Gasteiger partial charge in [-0.05, 0) is 96.3 Å². The van der Waals surface area contributed by atoms with Gasteiger partial charge in [-0.1, -0.05) is 37.1 Å². The standard InChI is InChI=1S/C28H41O7P/c1-7-10-21-16-24(29)26(23-15-20(6)11-12-22(23)18(2)3)25(17-21)33-27(30)28(13-8-9-14-28)35-36(31,32)34-19(4)5/h15-17,19,22-23,29H,2,7-14H2,1,3-6H3,(H,31,32)/t22-,23+/m0/s1. The Labute approximate surface area is 215 Å². The Balaban J connectivity index is 2.05. The summed E-state index contributed by atoms with van der Waals surface area (Å²) in [7, 11) is -4.49. The van der Waals surface area contributed by atoms with Gasteiger partial charge in [0.2, 0.25) is 0 Å². The van der Waals surface area contributed by atoms with E-state index in [1.54, 1.807) is 26.0 Å². The number of rotatable bonds is 10. The van der Waals surface area contributed by atoms with Gasteiger partial charge in [-0.3, -0.25) is 9.05 Å². The molecule has 3 atom stereocenters. The van der Waals surface area contributed by atoms with Crippen molar-refractivity contribution in [1.82, 2.24) is 0 Å². The molecule has 0 amide bonds. The van der Waals surface area contributed by atoms with Crippen LogP contribution in [0, 0.1) is 5.92 Å². The molecule has 0 heterocycles. The number of phenolic OH excluding ortho intramolecular Hbond substituents is 1. The van der Waals surface area contributed by atoms with Crippen molar-refractivity contribution in [2.75, 3.05) is 0 Å². The first-order chi connectivity index (χ1) is 16.9. The Morgan fingerprint density at radius 3 is 2.53 bits per heavy atom. The van der Waals surface area contributed by atoms with Crippen molar-refractivity contribution in [3.63, 3.8) is 0 Å². The molecule has 1 fully saturated rings. The largest absolute Gasteiger partial charge is 0.507 e. The van der Waals surface area contributed by atoms with Crippen molar-refractivity contribution in [3.05, 3.63) is 47.1 Å². The van der Waals surface area contributed by atoms with Crippen LogP contribution in [-0.4, -0.2) is 27.7 Å². The number of carbonyl (C=O) groups is 1. The van der Waals surface area contributed by atoms with E-state index < -0.39 is 25.5 Å². The van der Waals surface area contributed by atoms with E-state index >= 15 is 0 Å². The Kier molecular flexibility index (Phi) is 9.26. The van der Waals surface area contributed by atoms with Crippen LogP contribution in [-0.2, 0) is 24.8 Å². The third-order valence-electron chi connectivity index (χ3n) is 7.05. The molecule has 36 heavy (non-hydrogen) atoms. The molecule has 0 aromatic heterocycles. The van der Waals surface area contributed by atoms with E-state index in [1.165, 1.54) is 5.57 Å². The molecule has 200 valence electrons. The molecule has 0 radical (unpaired) electrons. The Hall–Kier alpha value is -1.92.